The second-order valence-corrected chi connectivity index (χ2v) is 16.3. The maximum atomic E-state index is 15.3. The van der Waals surface area contributed by atoms with E-state index in [0.29, 0.717) is 16.8 Å². The SMILES string of the molecule is Cc1cc(C2(c3cc(C)c(N4C(=O)c5ccc(C(C)(c6ccc7c(c6)C(=O)N(C)C7=O)C(F)(F)F)cc5C4=O)c(C)c3)c3ccccc3-c3ccccc32)cc(C)c1C. The molecule has 294 valence electrons. The second kappa shape index (κ2) is 12.7. The van der Waals surface area contributed by atoms with E-state index in [0.717, 1.165) is 73.4 Å². The number of halogens is 3. The lowest BCUT2D eigenvalue weighted by molar-refractivity contribution is -0.173. The van der Waals surface area contributed by atoms with E-state index in [1.807, 2.05) is 50.2 Å². The van der Waals surface area contributed by atoms with Gasteiger partial charge in [0.15, 0.2) is 0 Å². The van der Waals surface area contributed by atoms with Crippen LogP contribution in [0.15, 0.2) is 109 Å². The van der Waals surface area contributed by atoms with Crippen molar-refractivity contribution in [3.63, 3.8) is 0 Å². The van der Waals surface area contributed by atoms with Crippen LogP contribution in [0.25, 0.3) is 11.1 Å². The number of amides is 4. The zero-order valence-corrected chi connectivity index (χ0v) is 33.6. The summed E-state index contributed by atoms with van der Waals surface area (Å²) in [6.07, 6.45) is -4.90. The number of hydrogen-bond acceptors (Lipinski definition) is 4. The summed E-state index contributed by atoms with van der Waals surface area (Å²) in [4.78, 5) is 55.9. The molecule has 3 aliphatic rings. The molecule has 6 aromatic carbocycles. The van der Waals surface area contributed by atoms with Crippen LogP contribution >= 0.6 is 0 Å². The molecule has 9 rings (SSSR count). The van der Waals surface area contributed by atoms with Crippen LogP contribution in [0.3, 0.4) is 0 Å². The standard InChI is InChI=1S/C50H39F3N2O4/c1-26-20-33(21-27(2)30(26)5)49(41-14-10-8-12-35(41)36-13-9-11-15-42(36)49)34-22-28(3)43(29(4)23-34)55-46(58)38-19-17-32(25-40(38)47(55)59)48(6,50(51,52)53)31-16-18-37-39(24-31)45(57)54(7)44(37)56/h8-25H,1-7H3. The van der Waals surface area contributed by atoms with Crippen molar-refractivity contribution in [2.45, 2.75) is 58.5 Å². The van der Waals surface area contributed by atoms with E-state index in [9.17, 15) is 19.2 Å². The Morgan fingerprint density at radius 2 is 0.898 bits per heavy atom. The minimum Gasteiger partial charge on any atom is -0.277 e. The smallest absolute Gasteiger partial charge is 0.277 e. The van der Waals surface area contributed by atoms with Crippen LogP contribution in [0.4, 0.5) is 18.9 Å². The third-order valence-corrected chi connectivity index (χ3v) is 13.2. The number of imide groups is 2. The monoisotopic (exact) mass is 788 g/mol. The summed E-state index contributed by atoms with van der Waals surface area (Å²) in [6, 6.07) is 32.4. The Morgan fingerprint density at radius 3 is 1.39 bits per heavy atom. The van der Waals surface area contributed by atoms with E-state index in [1.165, 1.54) is 36.9 Å². The molecule has 6 nitrogen and oxygen atoms in total. The lowest BCUT2D eigenvalue weighted by Crippen LogP contribution is -2.41. The lowest BCUT2D eigenvalue weighted by Gasteiger charge is -2.36. The molecule has 0 spiro atoms. The fraction of sp³-hybridized carbons (Fsp3) is 0.200. The summed E-state index contributed by atoms with van der Waals surface area (Å²) in [5.74, 6) is -2.67. The molecule has 1 unspecified atom stereocenters. The fourth-order valence-electron chi connectivity index (χ4n) is 9.72. The predicted molar refractivity (Wildman–Crippen MR) is 220 cm³/mol. The number of carbonyl (C=O) groups excluding carboxylic acids is 4. The van der Waals surface area contributed by atoms with Crippen LogP contribution in [-0.4, -0.2) is 41.8 Å². The predicted octanol–water partition coefficient (Wildman–Crippen LogP) is 10.5. The first-order chi connectivity index (χ1) is 27.9. The van der Waals surface area contributed by atoms with Crippen molar-refractivity contribution in [1.82, 2.24) is 4.90 Å². The number of anilines is 1. The maximum Gasteiger partial charge on any atom is 0.402 e. The Labute approximate surface area is 339 Å². The minimum atomic E-state index is -4.90. The number of benzene rings is 6. The third kappa shape index (κ3) is 5.00. The van der Waals surface area contributed by atoms with E-state index in [-0.39, 0.29) is 33.4 Å². The first-order valence-corrected chi connectivity index (χ1v) is 19.4. The van der Waals surface area contributed by atoms with E-state index < -0.39 is 40.6 Å². The molecular weight excluding hydrogens is 750 g/mol. The summed E-state index contributed by atoms with van der Waals surface area (Å²) in [5, 5.41) is 0. The van der Waals surface area contributed by atoms with Gasteiger partial charge >= 0.3 is 6.18 Å². The normalized spacial score (nSPS) is 16.3. The van der Waals surface area contributed by atoms with Gasteiger partial charge in [-0.05, 0) is 138 Å². The molecule has 1 aliphatic carbocycles. The minimum absolute atomic E-state index is 0.0109. The molecule has 0 fully saturated rings. The molecule has 4 amide bonds. The van der Waals surface area contributed by atoms with Gasteiger partial charge in [-0.1, -0.05) is 84.9 Å². The molecule has 2 aliphatic heterocycles. The van der Waals surface area contributed by atoms with E-state index >= 15 is 13.2 Å². The third-order valence-electron chi connectivity index (χ3n) is 13.2. The number of rotatable bonds is 5. The van der Waals surface area contributed by atoms with Crippen molar-refractivity contribution < 1.29 is 32.3 Å². The first kappa shape index (κ1) is 37.9. The highest BCUT2D eigenvalue weighted by Gasteiger charge is 2.55. The topological polar surface area (TPSA) is 74.8 Å². The van der Waals surface area contributed by atoms with Gasteiger partial charge in [-0.15, -0.1) is 0 Å². The Kier molecular flexibility index (Phi) is 8.16. The number of hydrogen-bond donors (Lipinski definition) is 0. The van der Waals surface area contributed by atoms with Crippen LogP contribution in [0.5, 0.6) is 0 Å². The summed E-state index contributed by atoms with van der Waals surface area (Å²) in [7, 11) is 1.27. The highest BCUT2D eigenvalue weighted by molar-refractivity contribution is 6.35. The van der Waals surface area contributed by atoms with Crippen molar-refractivity contribution in [1.29, 1.82) is 0 Å². The van der Waals surface area contributed by atoms with E-state index in [4.69, 9.17) is 0 Å². The van der Waals surface area contributed by atoms with Crippen molar-refractivity contribution in [2.75, 3.05) is 11.9 Å². The Morgan fingerprint density at radius 1 is 0.492 bits per heavy atom. The second-order valence-electron chi connectivity index (χ2n) is 16.3. The molecule has 0 aromatic heterocycles. The van der Waals surface area contributed by atoms with Crippen LogP contribution in [-0.2, 0) is 10.8 Å². The summed E-state index contributed by atoms with van der Waals surface area (Å²) in [5.41, 5.74) is 7.42. The van der Waals surface area contributed by atoms with Gasteiger partial charge in [0.25, 0.3) is 23.6 Å². The zero-order chi connectivity index (χ0) is 42.1. The maximum absolute atomic E-state index is 15.3. The Bertz CT molecular complexity index is 2820. The van der Waals surface area contributed by atoms with Gasteiger partial charge in [-0.3, -0.25) is 24.1 Å². The quantitative estimate of drug-likeness (QED) is 0.163. The molecule has 9 heteroatoms. The van der Waals surface area contributed by atoms with Crippen LogP contribution in [0, 0.1) is 34.6 Å². The van der Waals surface area contributed by atoms with Crippen molar-refractivity contribution in [3.8, 4) is 11.1 Å². The van der Waals surface area contributed by atoms with Crippen molar-refractivity contribution in [2.24, 2.45) is 0 Å². The molecular formula is C50H39F3N2O4. The number of carbonyl (C=O) groups is 4. The first-order valence-electron chi connectivity index (χ1n) is 19.4. The summed E-state index contributed by atoms with van der Waals surface area (Å²) in [6.45, 7) is 11.0. The molecule has 0 N–H and O–H groups in total. The average molecular weight is 789 g/mol. The summed E-state index contributed by atoms with van der Waals surface area (Å²) < 4.78 is 45.9. The van der Waals surface area contributed by atoms with Gasteiger partial charge in [0.05, 0.1) is 33.4 Å². The Hall–Kier alpha value is -6.61. The Balaban J connectivity index is 1.17. The van der Waals surface area contributed by atoms with Gasteiger partial charge < -0.3 is 0 Å². The molecule has 6 aromatic rings. The van der Waals surface area contributed by atoms with Crippen LogP contribution in [0.1, 0.15) is 110 Å². The molecule has 0 radical (unpaired) electrons. The van der Waals surface area contributed by atoms with E-state index in [2.05, 4.69) is 57.2 Å². The summed E-state index contributed by atoms with van der Waals surface area (Å²) >= 11 is 0. The van der Waals surface area contributed by atoms with Crippen molar-refractivity contribution >= 4 is 29.3 Å². The number of alkyl halides is 3. The highest BCUT2D eigenvalue weighted by Crippen LogP contribution is 2.57. The van der Waals surface area contributed by atoms with Gasteiger partial charge in [0, 0.05) is 7.05 Å². The molecule has 0 saturated carbocycles. The average Bonchev–Trinajstić information content (AvgIpc) is 3.73. The number of aryl methyl sites for hydroxylation is 4. The van der Waals surface area contributed by atoms with Crippen LogP contribution < -0.4 is 4.90 Å². The number of fused-ring (bicyclic) bond motifs is 5. The zero-order valence-electron chi connectivity index (χ0n) is 33.6. The molecule has 59 heavy (non-hydrogen) atoms. The molecule has 0 saturated heterocycles. The van der Waals surface area contributed by atoms with Gasteiger partial charge in [-0.2, -0.15) is 13.2 Å². The van der Waals surface area contributed by atoms with E-state index in [1.54, 1.807) is 0 Å². The van der Waals surface area contributed by atoms with Gasteiger partial charge in [-0.25, -0.2) is 4.90 Å². The molecule has 1 atom stereocenters. The molecule has 2 heterocycles. The van der Waals surface area contributed by atoms with Crippen LogP contribution in [0.2, 0.25) is 0 Å². The van der Waals surface area contributed by atoms with Gasteiger partial charge in [0.2, 0.25) is 0 Å². The number of nitrogens with zero attached hydrogens (tertiary/aromatic N) is 2. The van der Waals surface area contributed by atoms with Crippen molar-refractivity contribution in [3.05, 3.63) is 193 Å². The largest absolute Gasteiger partial charge is 0.402 e. The van der Waals surface area contributed by atoms with Gasteiger partial charge in [0.1, 0.15) is 5.41 Å². The molecule has 0 bridgehead atoms. The highest BCUT2D eigenvalue weighted by atomic mass is 19.4. The lowest BCUT2D eigenvalue weighted by atomic mass is 9.66. The fourth-order valence-corrected chi connectivity index (χ4v) is 9.72.